The number of para-hydroxylation sites is 1. The van der Waals surface area contributed by atoms with Crippen molar-refractivity contribution in [1.29, 1.82) is 0 Å². The quantitative estimate of drug-likeness (QED) is 0.813. The first kappa shape index (κ1) is 15.0. The molecule has 0 aromatic heterocycles. The van der Waals surface area contributed by atoms with E-state index >= 15 is 0 Å². The van der Waals surface area contributed by atoms with E-state index in [0.29, 0.717) is 25.5 Å². The molecule has 112 valence electrons. The van der Waals surface area contributed by atoms with Gasteiger partial charge in [-0.15, -0.1) is 0 Å². The van der Waals surface area contributed by atoms with Gasteiger partial charge in [0.25, 0.3) is 0 Å². The summed E-state index contributed by atoms with van der Waals surface area (Å²) in [4.78, 5) is 0. The van der Waals surface area contributed by atoms with Crippen LogP contribution in [0.1, 0.15) is 19.4 Å². The molecule has 0 saturated carbocycles. The number of hydrogen-bond donors (Lipinski definition) is 2. The fourth-order valence-corrected chi connectivity index (χ4v) is 2.02. The summed E-state index contributed by atoms with van der Waals surface area (Å²) in [5, 5.41) is 13.4. The molecule has 0 atom stereocenters. The van der Waals surface area contributed by atoms with Gasteiger partial charge in [-0.2, -0.15) is 0 Å². The SMILES string of the molecule is CCOc1ccc(NCc2cccc(OCC)c2O)cc1. The highest BCUT2D eigenvalue weighted by Gasteiger charge is 2.07. The molecule has 0 fully saturated rings. The van der Waals surface area contributed by atoms with E-state index in [4.69, 9.17) is 9.47 Å². The van der Waals surface area contributed by atoms with Gasteiger partial charge in [-0.1, -0.05) is 12.1 Å². The monoisotopic (exact) mass is 287 g/mol. The molecule has 0 aliphatic heterocycles. The van der Waals surface area contributed by atoms with Crippen LogP contribution in [0.5, 0.6) is 17.2 Å². The van der Waals surface area contributed by atoms with Crippen molar-refractivity contribution in [1.82, 2.24) is 0 Å². The Hall–Kier alpha value is -2.36. The molecule has 0 aliphatic carbocycles. The molecule has 0 saturated heterocycles. The molecule has 2 aromatic carbocycles. The summed E-state index contributed by atoms with van der Waals surface area (Å²) in [7, 11) is 0. The lowest BCUT2D eigenvalue weighted by Gasteiger charge is -2.12. The van der Waals surface area contributed by atoms with Crippen LogP contribution in [0.15, 0.2) is 42.5 Å². The third kappa shape index (κ3) is 4.05. The van der Waals surface area contributed by atoms with Gasteiger partial charge in [-0.25, -0.2) is 0 Å². The van der Waals surface area contributed by atoms with Gasteiger partial charge in [-0.05, 0) is 44.2 Å². The molecule has 2 rings (SSSR count). The second-order valence-electron chi connectivity index (χ2n) is 4.51. The summed E-state index contributed by atoms with van der Waals surface area (Å²) in [6.07, 6.45) is 0. The highest BCUT2D eigenvalue weighted by atomic mass is 16.5. The van der Waals surface area contributed by atoms with E-state index in [0.717, 1.165) is 17.0 Å². The Morgan fingerprint density at radius 3 is 2.33 bits per heavy atom. The molecule has 0 amide bonds. The van der Waals surface area contributed by atoms with E-state index in [9.17, 15) is 5.11 Å². The van der Waals surface area contributed by atoms with Crippen LogP contribution in [-0.2, 0) is 6.54 Å². The van der Waals surface area contributed by atoms with E-state index in [1.54, 1.807) is 6.07 Å². The zero-order valence-corrected chi connectivity index (χ0v) is 12.4. The number of hydrogen-bond acceptors (Lipinski definition) is 4. The third-order valence-corrected chi connectivity index (χ3v) is 3.03. The van der Waals surface area contributed by atoms with Crippen LogP contribution >= 0.6 is 0 Å². The Morgan fingerprint density at radius 2 is 1.67 bits per heavy atom. The second-order valence-corrected chi connectivity index (χ2v) is 4.51. The normalized spacial score (nSPS) is 10.2. The minimum atomic E-state index is 0.192. The van der Waals surface area contributed by atoms with Crippen molar-refractivity contribution in [3.63, 3.8) is 0 Å². The fourth-order valence-electron chi connectivity index (χ4n) is 2.02. The molecule has 0 radical (unpaired) electrons. The van der Waals surface area contributed by atoms with Crippen molar-refractivity contribution in [2.45, 2.75) is 20.4 Å². The third-order valence-electron chi connectivity index (χ3n) is 3.03. The predicted octanol–water partition coefficient (Wildman–Crippen LogP) is 3.80. The van der Waals surface area contributed by atoms with Gasteiger partial charge < -0.3 is 19.9 Å². The first-order chi connectivity index (χ1) is 10.2. The first-order valence-corrected chi connectivity index (χ1v) is 7.15. The van der Waals surface area contributed by atoms with Crippen molar-refractivity contribution in [3.8, 4) is 17.2 Å². The number of ether oxygens (including phenoxy) is 2. The topological polar surface area (TPSA) is 50.7 Å². The van der Waals surface area contributed by atoms with Crippen LogP contribution in [-0.4, -0.2) is 18.3 Å². The number of phenolic OH excluding ortho intramolecular Hbond substituents is 1. The molecule has 0 heterocycles. The molecule has 21 heavy (non-hydrogen) atoms. The summed E-state index contributed by atoms with van der Waals surface area (Å²) >= 11 is 0. The smallest absolute Gasteiger partial charge is 0.162 e. The van der Waals surface area contributed by atoms with Crippen LogP contribution in [0.3, 0.4) is 0 Å². The van der Waals surface area contributed by atoms with Gasteiger partial charge in [0.05, 0.1) is 13.2 Å². The van der Waals surface area contributed by atoms with Crippen molar-refractivity contribution in [3.05, 3.63) is 48.0 Å². The minimum Gasteiger partial charge on any atom is -0.504 e. The van der Waals surface area contributed by atoms with Crippen LogP contribution in [0.4, 0.5) is 5.69 Å². The standard InChI is InChI=1S/C17H21NO3/c1-3-20-15-10-8-14(9-11-15)18-12-13-6-5-7-16(17(13)19)21-4-2/h5-11,18-19H,3-4,12H2,1-2H3. The Bertz CT molecular complexity index is 567. The maximum Gasteiger partial charge on any atom is 0.162 e. The number of phenols is 1. The zero-order chi connectivity index (χ0) is 15.1. The van der Waals surface area contributed by atoms with Crippen molar-refractivity contribution < 1.29 is 14.6 Å². The molecule has 0 bridgehead atoms. The number of benzene rings is 2. The maximum atomic E-state index is 10.1. The molecule has 4 heteroatoms. The van der Waals surface area contributed by atoms with Crippen LogP contribution < -0.4 is 14.8 Å². The van der Waals surface area contributed by atoms with Gasteiger partial charge in [0, 0.05) is 17.8 Å². The highest BCUT2D eigenvalue weighted by Crippen LogP contribution is 2.30. The lowest BCUT2D eigenvalue weighted by atomic mass is 10.2. The Morgan fingerprint density at radius 1 is 0.952 bits per heavy atom. The van der Waals surface area contributed by atoms with Gasteiger partial charge in [0.1, 0.15) is 5.75 Å². The summed E-state index contributed by atoms with van der Waals surface area (Å²) < 4.78 is 10.8. The second kappa shape index (κ2) is 7.43. The van der Waals surface area contributed by atoms with Crippen LogP contribution in [0.25, 0.3) is 0 Å². The van der Waals surface area contributed by atoms with E-state index in [2.05, 4.69) is 5.32 Å². The Balaban J connectivity index is 2.01. The molecule has 0 aliphatic rings. The van der Waals surface area contributed by atoms with Gasteiger partial charge >= 0.3 is 0 Å². The molecule has 2 aromatic rings. The van der Waals surface area contributed by atoms with Gasteiger partial charge in [0.2, 0.25) is 0 Å². The molecule has 0 spiro atoms. The van der Waals surface area contributed by atoms with Crippen LogP contribution in [0, 0.1) is 0 Å². The van der Waals surface area contributed by atoms with Gasteiger partial charge in [-0.3, -0.25) is 0 Å². The van der Waals surface area contributed by atoms with E-state index in [1.807, 2.05) is 50.2 Å². The summed E-state index contributed by atoms with van der Waals surface area (Å²) in [5.41, 5.74) is 1.77. The lowest BCUT2D eigenvalue weighted by Crippen LogP contribution is -2.01. The molecular weight excluding hydrogens is 266 g/mol. The van der Waals surface area contributed by atoms with Gasteiger partial charge in [0.15, 0.2) is 11.5 Å². The minimum absolute atomic E-state index is 0.192. The zero-order valence-electron chi connectivity index (χ0n) is 12.4. The Labute approximate surface area is 125 Å². The summed E-state index contributed by atoms with van der Waals surface area (Å²) in [6, 6.07) is 13.3. The predicted molar refractivity (Wildman–Crippen MR) is 84.2 cm³/mol. The molecule has 4 nitrogen and oxygen atoms in total. The lowest BCUT2D eigenvalue weighted by molar-refractivity contribution is 0.317. The van der Waals surface area contributed by atoms with E-state index in [1.165, 1.54) is 0 Å². The van der Waals surface area contributed by atoms with E-state index < -0.39 is 0 Å². The Kier molecular flexibility index (Phi) is 5.32. The summed E-state index contributed by atoms with van der Waals surface area (Å²) in [5.74, 6) is 1.56. The average Bonchev–Trinajstić information content (AvgIpc) is 2.50. The number of nitrogens with one attached hydrogen (secondary N) is 1. The summed E-state index contributed by atoms with van der Waals surface area (Å²) in [6.45, 7) is 5.57. The highest BCUT2D eigenvalue weighted by molar-refractivity contribution is 5.50. The van der Waals surface area contributed by atoms with Crippen LogP contribution in [0.2, 0.25) is 0 Å². The number of rotatable bonds is 7. The molecule has 2 N–H and O–H groups in total. The largest absolute Gasteiger partial charge is 0.504 e. The number of anilines is 1. The average molecular weight is 287 g/mol. The van der Waals surface area contributed by atoms with Crippen molar-refractivity contribution >= 4 is 5.69 Å². The van der Waals surface area contributed by atoms with E-state index in [-0.39, 0.29) is 5.75 Å². The fraction of sp³-hybridized carbons (Fsp3) is 0.294. The molecular formula is C17H21NO3. The van der Waals surface area contributed by atoms with Crippen molar-refractivity contribution in [2.75, 3.05) is 18.5 Å². The first-order valence-electron chi connectivity index (χ1n) is 7.15. The van der Waals surface area contributed by atoms with Crippen molar-refractivity contribution in [2.24, 2.45) is 0 Å². The molecule has 0 unspecified atom stereocenters. The maximum absolute atomic E-state index is 10.1. The number of aromatic hydroxyl groups is 1.